The number of anilines is 2. The van der Waals surface area contributed by atoms with E-state index in [9.17, 15) is 19.2 Å². The molecule has 1 N–H and O–H groups in total. The van der Waals surface area contributed by atoms with Crippen LogP contribution in [0.5, 0.6) is 0 Å². The molecule has 3 aromatic carbocycles. The van der Waals surface area contributed by atoms with Gasteiger partial charge in [-0.3, -0.25) is 24.1 Å². The van der Waals surface area contributed by atoms with Gasteiger partial charge in [-0.15, -0.1) is 0 Å². The number of nitrogens with zero attached hydrogens (tertiary/aromatic N) is 3. The fourth-order valence-electron chi connectivity index (χ4n) is 3.75. The minimum absolute atomic E-state index is 0.0670. The number of para-hydroxylation sites is 2. The fraction of sp³-hybridized carbons (Fsp3) is 0.0417. The number of hydrazone groups is 1. The second-order valence-corrected chi connectivity index (χ2v) is 7.24. The van der Waals surface area contributed by atoms with Gasteiger partial charge in [-0.2, -0.15) is 10.1 Å². The van der Waals surface area contributed by atoms with Crippen LogP contribution in [-0.2, 0) is 9.59 Å². The summed E-state index contributed by atoms with van der Waals surface area (Å²) in [6.45, 7) is -0.244. The molecule has 2 aliphatic rings. The zero-order valence-electron chi connectivity index (χ0n) is 16.7. The van der Waals surface area contributed by atoms with Crippen molar-refractivity contribution in [3.8, 4) is 0 Å². The summed E-state index contributed by atoms with van der Waals surface area (Å²) in [6.07, 6.45) is 0. The summed E-state index contributed by atoms with van der Waals surface area (Å²) in [4.78, 5) is 52.4. The minimum atomic E-state index is -0.594. The Morgan fingerprint density at radius 3 is 1.94 bits per heavy atom. The second kappa shape index (κ2) is 7.59. The lowest BCUT2D eigenvalue weighted by atomic mass is 10.1. The smallest absolute Gasteiger partial charge is 0.282 e. The monoisotopic (exact) mass is 424 g/mol. The van der Waals surface area contributed by atoms with Gasteiger partial charge in [0, 0.05) is 11.3 Å². The number of nitrogens with one attached hydrogen (secondary N) is 1. The van der Waals surface area contributed by atoms with Gasteiger partial charge < -0.3 is 5.32 Å². The molecule has 0 saturated heterocycles. The zero-order valence-corrected chi connectivity index (χ0v) is 16.7. The molecule has 0 bridgehead atoms. The van der Waals surface area contributed by atoms with Crippen LogP contribution in [-0.4, -0.2) is 40.9 Å². The van der Waals surface area contributed by atoms with Gasteiger partial charge in [-0.25, -0.2) is 0 Å². The highest BCUT2D eigenvalue weighted by Crippen LogP contribution is 2.31. The van der Waals surface area contributed by atoms with E-state index in [0.717, 1.165) is 0 Å². The van der Waals surface area contributed by atoms with E-state index in [0.29, 0.717) is 21.9 Å². The van der Waals surface area contributed by atoms with E-state index in [1.807, 2.05) is 6.07 Å². The third kappa shape index (κ3) is 3.14. The molecule has 0 atom stereocenters. The molecule has 0 aliphatic carbocycles. The van der Waals surface area contributed by atoms with E-state index in [1.54, 1.807) is 72.8 Å². The molecular weight excluding hydrogens is 408 g/mol. The molecule has 5 rings (SSSR count). The summed E-state index contributed by atoms with van der Waals surface area (Å²) in [5.41, 5.74) is 1.94. The standard InChI is InChI=1S/C24H16N4O4/c29-20(25-15-8-2-1-3-9-15)14-27-19-13-7-6-12-18(19)21(24(27)32)26-28-22(30)16-10-4-5-11-17(16)23(28)31/h1-13H,14H2,(H,25,29). The van der Waals surface area contributed by atoms with Gasteiger partial charge in [0.05, 0.1) is 16.8 Å². The maximum absolute atomic E-state index is 13.2. The van der Waals surface area contributed by atoms with Gasteiger partial charge in [0.15, 0.2) is 5.71 Å². The molecule has 156 valence electrons. The Kier molecular flexibility index (Phi) is 4.59. The molecule has 0 unspecified atom stereocenters. The molecule has 3 aromatic rings. The van der Waals surface area contributed by atoms with E-state index < -0.39 is 17.7 Å². The number of carbonyl (C=O) groups is 4. The van der Waals surface area contributed by atoms with Crippen LogP contribution in [0.3, 0.4) is 0 Å². The fourth-order valence-corrected chi connectivity index (χ4v) is 3.75. The number of benzene rings is 3. The molecule has 32 heavy (non-hydrogen) atoms. The Balaban J connectivity index is 1.45. The number of imide groups is 1. The van der Waals surface area contributed by atoms with Crippen LogP contribution in [0.2, 0.25) is 0 Å². The average Bonchev–Trinajstić information content (AvgIpc) is 3.21. The first kappa shape index (κ1) is 19.4. The number of fused-ring (bicyclic) bond motifs is 2. The number of carbonyl (C=O) groups excluding carboxylic acids is 4. The summed E-state index contributed by atoms with van der Waals surface area (Å²) in [5.74, 6) is -2.14. The summed E-state index contributed by atoms with van der Waals surface area (Å²) in [5, 5.41) is 7.60. The van der Waals surface area contributed by atoms with Crippen molar-refractivity contribution < 1.29 is 19.2 Å². The molecule has 0 aromatic heterocycles. The van der Waals surface area contributed by atoms with Gasteiger partial charge >= 0.3 is 0 Å². The van der Waals surface area contributed by atoms with Crippen molar-refractivity contribution in [2.45, 2.75) is 0 Å². The first-order chi connectivity index (χ1) is 15.5. The van der Waals surface area contributed by atoms with Crippen LogP contribution in [0.15, 0.2) is 84.0 Å². The summed E-state index contributed by atoms with van der Waals surface area (Å²) >= 11 is 0. The molecule has 2 aliphatic heterocycles. The van der Waals surface area contributed by atoms with Crippen molar-refractivity contribution in [2.75, 3.05) is 16.8 Å². The van der Waals surface area contributed by atoms with E-state index in [4.69, 9.17) is 0 Å². The predicted molar refractivity (Wildman–Crippen MR) is 117 cm³/mol. The lowest BCUT2D eigenvalue weighted by molar-refractivity contribution is -0.118. The summed E-state index contributed by atoms with van der Waals surface area (Å²) in [6, 6.07) is 22.1. The first-order valence-corrected chi connectivity index (χ1v) is 9.87. The SMILES string of the molecule is O=C(CN1C(=O)C(=NN2C(=O)c3ccccc3C2=O)c2ccccc21)Nc1ccccc1. The van der Waals surface area contributed by atoms with Crippen molar-refractivity contribution >= 4 is 40.7 Å². The Morgan fingerprint density at radius 1 is 0.719 bits per heavy atom. The second-order valence-electron chi connectivity index (χ2n) is 7.24. The molecule has 2 heterocycles. The molecule has 8 heteroatoms. The van der Waals surface area contributed by atoms with Crippen LogP contribution in [0.25, 0.3) is 0 Å². The topological polar surface area (TPSA) is 99.2 Å². The van der Waals surface area contributed by atoms with E-state index in [1.165, 1.54) is 4.90 Å². The maximum atomic E-state index is 13.2. The van der Waals surface area contributed by atoms with Crippen LogP contribution < -0.4 is 10.2 Å². The highest BCUT2D eigenvalue weighted by Gasteiger charge is 2.40. The van der Waals surface area contributed by atoms with Crippen molar-refractivity contribution in [1.29, 1.82) is 0 Å². The van der Waals surface area contributed by atoms with Gasteiger partial charge in [-0.1, -0.05) is 48.5 Å². The highest BCUT2D eigenvalue weighted by atomic mass is 16.2. The molecule has 4 amide bonds. The number of rotatable bonds is 4. The minimum Gasteiger partial charge on any atom is -0.325 e. The van der Waals surface area contributed by atoms with Crippen molar-refractivity contribution in [1.82, 2.24) is 5.01 Å². The molecular formula is C24H16N4O4. The highest BCUT2D eigenvalue weighted by molar-refractivity contribution is 6.55. The van der Waals surface area contributed by atoms with E-state index in [-0.39, 0.29) is 29.3 Å². The lowest BCUT2D eigenvalue weighted by Crippen LogP contribution is -2.38. The third-order valence-electron chi connectivity index (χ3n) is 5.23. The van der Waals surface area contributed by atoms with Crippen LogP contribution in [0.1, 0.15) is 26.3 Å². The molecule has 0 radical (unpaired) electrons. The third-order valence-corrected chi connectivity index (χ3v) is 5.23. The molecule has 0 spiro atoms. The quantitative estimate of drug-likeness (QED) is 0.651. The Morgan fingerprint density at radius 2 is 1.28 bits per heavy atom. The molecule has 0 fully saturated rings. The van der Waals surface area contributed by atoms with Gasteiger partial charge in [0.2, 0.25) is 5.91 Å². The van der Waals surface area contributed by atoms with Crippen molar-refractivity contribution in [3.63, 3.8) is 0 Å². The van der Waals surface area contributed by atoms with Crippen molar-refractivity contribution in [2.24, 2.45) is 5.10 Å². The average molecular weight is 424 g/mol. The largest absolute Gasteiger partial charge is 0.325 e. The van der Waals surface area contributed by atoms with Gasteiger partial charge in [-0.05, 0) is 30.3 Å². The zero-order chi connectivity index (χ0) is 22.2. The van der Waals surface area contributed by atoms with Crippen LogP contribution in [0.4, 0.5) is 11.4 Å². The summed E-state index contributed by atoms with van der Waals surface area (Å²) in [7, 11) is 0. The molecule has 0 saturated carbocycles. The number of hydrogen-bond acceptors (Lipinski definition) is 5. The Labute approximate surface area is 182 Å². The summed E-state index contributed by atoms with van der Waals surface area (Å²) < 4.78 is 0. The van der Waals surface area contributed by atoms with E-state index >= 15 is 0 Å². The molecule has 8 nitrogen and oxygen atoms in total. The van der Waals surface area contributed by atoms with E-state index in [2.05, 4.69) is 10.4 Å². The normalized spacial score (nSPS) is 15.9. The predicted octanol–water partition coefficient (Wildman–Crippen LogP) is 2.67. The Hall–Kier alpha value is -4.59. The first-order valence-electron chi connectivity index (χ1n) is 9.87. The number of hydrogen-bond donors (Lipinski definition) is 1. The van der Waals surface area contributed by atoms with Gasteiger partial charge in [0.25, 0.3) is 17.7 Å². The lowest BCUT2D eigenvalue weighted by Gasteiger charge is -2.16. The van der Waals surface area contributed by atoms with Crippen molar-refractivity contribution in [3.05, 3.63) is 95.6 Å². The van der Waals surface area contributed by atoms with Crippen LogP contribution in [0, 0.1) is 0 Å². The van der Waals surface area contributed by atoms with Crippen LogP contribution >= 0.6 is 0 Å². The van der Waals surface area contributed by atoms with Gasteiger partial charge in [0.1, 0.15) is 6.54 Å². The maximum Gasteiger partial charge on any atom is 0.282 e. The Bertz CT molecular complexity index is 1280. The number of amides is 4.